The van der Waals surface area contributed by atoms with Crippen LogP contribution in [0.2, 0.25) is 0 Å². The van der Waals surface area contributed by atoms with Gasteiger partial charge in [-0.05, 0) is 0 Å². The molecule has 0 amide bonds. The summed E-state index contributed by atoms with van der Waals surface area (Å²) in [6.45, 7) is 0. The van der Waals surface area contributed by atoms with Gasteiger partial charge in [0.15, 0.2) is 0 Å². The van der Waals surface area contributed by atoms with Crippen molar-refractivity contribution in [1.82, 2.24) is 0 Å². The Kier molecular flexibility index (Phi) is 1.50. The molecule has 0 fully saturated rings. The van der Waals surface area contributed by atoms with Gasteiger partial charge in [0.05, 0.1) is 0 Å². The maximum atomic E-state index is 10.3. The minimum atomic E-state index is -6.02. The summed E-state index contributed by atoms with van der Waals surface area (Å²) in [5.74, 6) is 0. The van der Waals surface area contributed by atoms with Gasteiger partial charge in [-0.2, -0.15) is 0 Å². The Morgan fingerprint density at radius 2 is 1.20 bits per heavy atom. The molecule has 0 saturated heterocycles. The number of halogens is 2. The summed E-state index contributed by atoms with van der Waals surface area (Å²) >= 11 is -6.02. The first kappa shape index (κ1) is 5.57. The van der Waals surface area contributed by atoms with Crippen LogP contribution in [0, 0.1) is 0 Å². The van der Waals surface area contributed by atoms with Crippen molar-refractivity contribution in [3.63, 3.8) is 0 Å². The average Bonchev–Trinajstić information content (AvgIpc) is 0.722. The van der Waals surface area contributed by atoms with Gasteiger partial charge in [-0.1, -0.05) is 0 Å². The zero-order valence-corrected chi connectivity index (χ0v) is 4.39. The van der Waals surface area contributed by atoms with E-state index in [0.717, 1.165) is 0 Å². The van der Waals surface area contributed by atoms with Crippen molar-refractivity contribution in [2.75, 3.05) is 0 Å². The number of hydrogen-bond acceptors (Lipinski definition) is 2. The first-order valence-corrected chi connectivity index (χ1v) is 4.52. The predicted molar refractivity (Wildman–Crippen MR) is 12.4 cm³/mol. The predicted octanol–water partition coefficient (Wildman–Crippen LogP) is -0.654. The van der Waals surface area contributed by atoms with Gasteiger partial charge in [0, 0.05) is 0 Å². The minimum absolute atomic E-state index is 6.02. The molecule has 0 heterocycles. The quantitative estimate of drug-likeness (QED) is 0.509. The van der Waals surface area contributed by atoms with Gasteiger partial charge in [-0.15, -0.1) is 0 Å². The van der Waals surface area contributed by atoms with E-state index in [0.29, 0.717) is 0 Å². The van der Waals surface area contributed by atoms with Gasteiger partial charge in [-0.25, -0.2) is 0 Å². The molecule has 0 aliphatic rings. The normalized spacial score (nSPS) is 15.2. The molecule has 2 nitrogen and oxygen atoms in total. The van der Waals surface area contributed by atoms with E-state index < -0.39 is 20.1 Å². The molecule has 0 rings (SSSR count). The first-order chi connectivity index (χ1) is 2.00. The third-order valence-electron chi connectivity index (χ3n) is 0. The van der Waals surface area contributed by atoms with Crippen LogP contribution in [0.25, 0.3) is 0 Å². The summed E-state index contributed by atoms with van der Waals surface area (Å²) in [6.07, 6.45) is 0. The molecule has 0 unspecified atom stereocenters. The second kappa shape index (κ2) is 1.35. The Morgan fingerprint density at radius 1 is 1.20 bits per heavy atom. The summed E-state index contributed by atoms with van der Waals surface area (Å²) in [6, 6.07) is 0. The molecule has 34 valence electrons. The monoisotopic (exact) mass is 202 g/mol. The topological polar surface area (TPSA) is 40.5 Å². The van der Waals surface area contributed by atoms with Crippen LogP contribution in [0.15, 0.2) is 0 Å². The Labute approximate surface area is 33.5 Å². The van der Waals surface area contributed by atoms with Crippen LogP contribution in [0.3, 0.4) is 0 Å². The molecule has 0 radical (unpaired) electrons. The van der Waals surface area contributed by atoms with Crippen molar-refractivity contribution in [2.45, 2.75) is 0 Å². The van der Waals surface area contributed by atoms with Gasteiger partial charge < -0.3 is 0 Å². The fourth-order valence-corrected chi connectivity index (χ4v) is 0. The standard InChI is InChI=1S/F2H2O2Te/c1-5(2,3)4/h3-4H. The van der Waals surface area contributed by atoms with Crippen molar-refractivity contribution >= 4 is 20.1 Å². The van der Waals surface area contributed by atoms with E-state index in [2.05, 4.69) is 0 Å². The Hall–Kier alpha value is 0.570. The number of rotatable bonds is 0. The summed E-state index contributed by atoms with van der Waals surface area (Å²) < 4.78 is 34.5. The molecule has 0 atom stereocenters. The third kappa shape index (κ3) is 93.0. The zero-order valence-electron chi connectivity index (χ0n) is 2.06. The average molecular weight is 200 g/mol. The molecule has 0 bridgehead atoms. The number of hydrogen-bond donors (Lipinski definition) is 2. The van der Waals surface area contributed by atoms with Crippen molar-refractivity contribution in [2.24, 2.45) is 0 Å². The molecule has 0 aromatic heterocycles. The van der Waals surface area contributed by atoms with Crippen LogP contribution in [-0.2, 0) is 0 Å². The van der Waals surface area contributed by atoms with Crippen molar-refractivity contribution in [1.29, 1.82) is 0 Å². The molecule has 0 aliphatic heterocycles. The Bertz CT molecular complexity index is 23.1. The van der Waals surface area contributed by atoms with Crippen LogP contribution in [0.4, 0.5) is 5.78 Å². The fourth-order valence-electron chi connectivity index (χ4n) is 0. The van der Waals surface area contributed by atoms with Crippen LogP contribution in [-0.4, -0.2) is 27.1 Å². The van der Waals surface area contributed by atoms with E-state index in [1.54, 1.807) is 0 Å². The fraction of sp³-hybridized carbons (Fsp3) is 0. The van der Waals surface area contributed by atoms with Crippen LogP contribution in [0.1, 0.15) is 0 Å². The van der Waals surface area contributed by atoms with Gasteiger partial charge in [0.1, 0.15) is 0 Å². The molecule has 0 spiro atoms. The van der Waals surface area contributed by atoms with E-state index in [1.807, 2.05) is 0 Å². The van der Waals surface area contributed by atoms with Crippen molar-refractivity contribution in [3.8, 4) is 0 Å². The SMILES string of the molecule is O[Te](O)(F)F. The van der Waals surface area contributed by atoms with E-state index in [9.17, 15) is 5.78 Å². The Morgan fingerprint density at radius 3 is 1.20 bits per heavy atom. The van der Waals surface area contributed by atoms with E-state index in [4.69, 9.17) is 6.94 Å². The molecule has 2 N–H and O–H groups in total. The molecule has 5 heteroatoms. The first-order valence-electron chi connectivity index (χ1n) is 0.674. The molecule has 0 aromatic rings. The molecule has 0 aliphatic carbocycles. The summed E-state index contributed by atoms with van der Waals surface area (Å²) in [7, 11) is 0. The molecule has 5 heavy (non-hydrogen) atoms. The van der Waals surface area contributed by atoms with Gasteiger partial charge in [0.2, 0.25) is 0 Å². The third-order valence-corrected chi connectivity index (χ3v) is 0. The van der Waals surface area contributed by atoms with Gasteiger partial charge >= 0.3 is 32.9 Å². The van der Waals surface area contributed by atoms with E-state index >= 15 is 0 Å². The second-order valence-electron chi connectivity index (χ2n) is 0.416. The maximum absolute atomic E-state index is 10.3. The van der Waals surface area contributed by atoms with Crippen molar-refractivity contribution < 1.29 is 12.7 Å². The van der Waals surface area contributed by atoms with Gasteiger partial charge in [-0.3, -0.25) is 0 Å². The molecular formula is H2F2O2Te. The van der Waals surface area contributed by atoms with E-state index in [1.165, 1.54) is 0 Å². The molecular weight excluding hydrogens is 198 g/mol. The van der Waals surface area contributed by atoms with Crippen LogP contribution in [0.5, 0.6) is 0 Å². The van der Waals surface area contributed by atoms with Gasteiger partial charge in [0.25, 0.3) is 0 Å². The summed E-state index contributed by atoms with van der Waals surface area (Å²) in [5.41, 5.74) is 0. The molecule has 0 aromatic carbocycles. The van der Waals surface area contributed by atoms with Crippen LogP contribution >= 0.6 is 0 Å². The van der Waals surface area contributed by atoms with Crippen molar-refractivity contribution in [3.05, 3.63) is 0 Å². The second-order valence-corrected chi connectivity index (χ2v) is 2.79. The Balaban J connectivity index is 3.02. The van der Waals surface area contributed by atoms with Crippen LogP contribution < -0.4 is 0 Å². The summed E-state index contributed by atoms with van der Waals surface area (Å²) in [4.78, 5) is 0. The summed E-state index contributed by atoms with van der Waals surface area (Å²) in [5, 5.41) is 0. The molecule has 0 saturated carbocycles. The van der Waals surface area contributed by atoms with E-state index in [-0.39, 0.29) is 0 Å². The zero-order chi connectivity index (χ0) is 4.50.